The van der Waals surface area contributed by atoms with Gasteiger partial charge in [0, 0.05) is 19.3 Å². The standard InChI is InChI=1S/C20H35N3O3S/c1-6-21-19(23-13-14-26-15-16-27(5,24)25)22-12-11-17-7-9-18(10-8-17)20(2,3)4/h7-10H,6,11-16H2,1-5H3,(H2,21,22,23). The molecule has 0 aliphatic carbocycles. The lowest BCUT2D eigenvalue weighted by Crippen LogP contribution is -2.38. The lowest BCUT2D eigenvalue weighted by molar-refractivity contribution is 0.157. The van der Waals surface area contributed by atoms with Crippen molar-refractivity contribution in [3.05, 3.63) is 35.4 Å². The number of rotatable bonds is 10. The number of hydrogen-bond donors (Lipinski definition) is 2. The van der Waals surface area contributed by atoms with E-state index in [2.05, 4.69) is 60.7 Å². The van der Waals surface area contributed by atoms with Crippen molar-refractivity contribution in [3.63, 3.8) is 0 Å². The topological polar surface area (TPSA) is 79.8 Å². The van der Waals surface area contributed by atoms with Gasteiger partial charge in [0.05, 0.1) is 25.5 Å². The molecule has 0 aliphatic heterocycles. The average Bonchev–Trinajstić information content (AvgIpc) is 2.56. The molecule has 7 heteroatoms. The van der Waals surface area contributed by atoms with Gasteiger partial charge in [0.15, 0.2) is 5.96 Å². The van der Waals surface area contributed by atoms with E-state index in [1.807, 2.05) is 6.92 Å². The van der Waals surface area contributed by atoms with Crippen molar-refractivity contribution < 1.29 is 13.2 Å². The number of nitrogens with one attached hydrogen (secondary N) is 2. The minimum absolute atomic E-state index is 0.0447. The van der Waals surface area contributed by atoms with Crippen LogP contribution in [0.15, 0.2) is 29.3 Å². The van der Waals surface area contributed by atoms with Gasteiger partial charge in [0.2, 0.25) is 0 Å². The third-order valence-corrected chi connectivity index (χ3v) is 4.88. The summed E-state index contributed by atoms with van der Waals surface area (Å²) in [5, 5.41) is 6.52. The Balaban J connectivity index is 2.37. The van der Waals surface area contributed by atoms with E-state index in [9.17, 15) is 8.42 Å². The van der Waals surface area contributed by atoms with Crippen molar-refractivity contribution in [2.75, 3.05) is 44.9 Å². The van der Waals surface area contributed by atoms with Gasteiger partial charge in [-0.2, -0.15) is 0 Å². The second-order valence-electron chi connectivity index (χ2n) is 7.63. The molecule has 0 radical (unpaired) electrons. The molecule has 0 atom stereocenters. The number of benzene rings is 1. The molecule has 0 aliphatic rings. The summed E-state index contributed by atoms with van der Waals surface area (Å²) in [6, 6.07) is 8.76. The lowest BCUT2D eigenvalue weighted by Gasteiger charge is -2.19. The summed E-state index contributed by atoms with van der Waals surface area (Å²) in [6.45, 7) is 11.3. The van der Waals surface area contributed by atoms with Crippen LogP contribution in [0.4, 0.5) is 0 Å². The zero-order valence-corrected chi connectivity index (χ0v) is 18.2. The van der Waals surface area contributed by atoms with E-state index in [1.165, 1.54) is 17.4 Å². The van der Waals surface area contributed by atoms with E-state index in [4.69, 9.17) is 4.74 Å². The van der Waals surface area contributed by atoms with Gasteiger partial charge in [-0.1, -0.05) is 45.0 Å². The molecule has 0 bridgehead atoms. The molecule has 6 nitrogen and oxygen atoms in total. The molecule has 0 saturated heterocycles. The Morgan fingerprint density at radius 3 is 2.33 bits per heavy atom. The zero-order valence-electron chi connectivity index (χ0n) is 17.3. The summed E-state index contributed by atoms with van der Waals surface area (Å²) in [5.41, 5.74) is 2.80. The summed E-state index contributed by atoms with van der Waals surface area (Å²) in [5.74, 6) is 0.791. The Hall–Kier alpha value is -1.60. The molecular formula is C20H35N3O3S. The molecule has 0 unspecified atom stereocenters. The van der Waals surface area contributed by atoms with Crippen LogP contribution in [0.3, 0.4) is 0 Å². The third-order valence-electron chi connectivity index (χ3n) is 3.97. The lowest BCUT2D eigenvalue weighted by atomic mass is 9.86. The van der Waals surface area contributed by atoms with Crippen molar-refractivity contribution in [2.45, 2.75) is 39.5 Å². The second-order valence-corrected chi connectivity index (χ2v) is 9.89. The summed E-state index contributed by atoms with van der Waals surface area (Å²) >= 11 is 0. The Bertz CT molecular complexity index is 677. The van der Waals surface area contributed by atoms with Crippen LogP contribution in [0.5, 0.6) is 0 Å². The molecule has 1 aromatic carbocycles. The van der Waals surface area contributed by atoms with Crippen molar-refractivity contribution >= 4 is 15.8 Å². The van der Waals surface area contributed by atoms with Crippen LogP contribution >= 0.6 is 0 Å². The molecular weight excluding hydrogens is 362 g/mol. The zero-order chi connectivity index (χ0) is 20.3. The Morgan fingerprint density at radius 1 is 1.11 bits per heavy atom. The second kappa shape index (κ2) is 11.3. The van der Waals surface area contributed by atoms with Crippen LogP contribution in [0.1, 0.15) is 38.8 Å². The van der Waals surface area contributed by atoms with Crippen LogP contribution in [0.25, 0.3) is 0 Å². The molecule has 2 N–H and O–H groups in total. The van der Waals surface area contributed by atoms with Crippen LogP contribution in [0, 0.1) is 0 Å². The van der Waals surface area contributed by atoms with Crippen molar-refractivity contribution in [1.29, 1.82) is 0 Å². The molecule has 0 aromatic heterocycles. The molecule has 0 heterocycles. The highest BCUT2D eigenvalue weighted by atomic mass is 32.2. The fraction of sp³-hybridized carbons (Fsp3) is 0.650. The first-order valence-corrected chi connectivity index (χ1v) is 11.5. The number of guanidine groups is 1. The smallest absolute Gasteiger partial charge is 0.191 e. The highest BCUT2D eigenvalue weighted by molar-refractivity contribution is 7.90. The summed E-state index contributed by atoms with van der Waals surface area (Å²) < 4.78 is 27.4. The van der Waals surface area contributed by atoms with Crippen molar-refractivity contribution in [1.82, 2.24) is 10.6 Å². The van der Waals surface area contributed by atoms with Crippen LogP contribution in [-0.2, 0) is 26.4 Å². The van der Waals surface area contributed by atoms with E-state index >= 15 is 0 Å². The number of sulfone groups is 1. The van der Waals surface area contributed by atoms with Gasteiger partial charge in [0.25, 0.3) is 0 Å². The highest BCUT2D eigenvalue weighted by Gasteiger charge is 2.12. The number of nitrogens with zero attached hydrogens (tertiary/aromatic N) is 1. The minimum atomic E-state index is -2.97. The van der Waals surface area contributed by atoms with Gasteiger partial charge in [-0.3, -0.25) is 4.99 Å². The summed E-state index contributed by atoms with van der Waals surface area (Å²) in [7, 11) is -2.97. The van der Waals surface area contributed by atoms with Gasteiger partial charge >= 0.3 is 0 Å². The van der Waals surface area contributed by atoms with Crippen LogP contribution in [0.2, 0.25) is 0 Å². The van der Waals surface area contributed by atoms with Gasteiger partial charge < -0.3 is 15.4 Å². The predicted molar refractivity (Wildman–Crippen MR) is 113 cm³/mol. The molecule has 0 fully saturated rings. The fourth-order valence-electron chi connectivity index (χ4n) is 2.37. The van der Waals surface area contributed by atoms with E-state index in [-0.39, 0.29) is 17.8 Å². The maximum atomic E-state index is 11.0. The first-order valence-electron chi connectivity index (χ1n) is 9.49. The molecule has 0 spiro atoms. The fourth-order valence-corrected chi connectivity index (χ4v) is 2.79. The van der Waals surface area contributed by atoms with Gasteiger partial charge in [-0.15, -0.1) is 0 Å². The summed E-state index contributed by atoms with van der Waals surface area (Å²) in [6.07, 6.45) is 2.12. The molecule has 154 valence electrons. The Morgan fingerprint density at radius 2 is 1.78 bits per heavy atom. The van der Waals surface area contributed by atoms with Crippen LogP contribution in [-0.4, -0.2) is 59.2 Å². The molecule has 1 rings (SSSR count). The van der Waals surface area contributed by atoms with E-state index in [0.717, 1.165) is 25.5 Å². The quantitative estimate of drug-likeness (QED) is 0.359. The summed E-state index contributed by atoms with van der Waals surface area (Å²) in [4.78, 5) is 4.45. The van der Waals surface area contributed by atoms with Gasteiger partial charge in [-0.05, 0) is 29.9 Å². The third kappa shape index (κ3) is 11.0. The molecule has 27 heavy (non-hydrogen) atoms. The predicted octanol–water partition coefficient (Wildman–Crippen LogP) is 2.14. The van der Waals surface area contributed by atoms with E-state index in [1.54, 1.807) is 0 Å². The number of aliphatic imine (C=N–C) groups is 1. The largest absolute Gasteiger partial charge is 0.378 e. The first-order chi connectivity index (χ1) is 12.6. The minimum Gasteiger partial charge on any atom is -0.378 e. The normalized spacial score (nSPS) is 12.9. The molecule has 1 aromatic rings. The van der Waals surface area contributed by atoms with Crippen LogP contribution < -0.4 is 10.6 Å². The SMILES string of the molecule is CCNC(=NCCOCCS(C)(=O)=O)NCCc1ccc(C(C)(C)C)cc1. The molecule has 0 amide bonds. The van der Waals surface area contributed by atoms with E-state index in [0.29, 0.717) is 13.2 Å². The van der Waals surface area contributed by atoms with Gasteiger partial charge in [-0.25, -0.2) is 8.42 Å². The monoisotopic (exact) mass is 397 g/mol. The Labute approximate surface area is 164 Å². The Kier molecular flexibility index (Phi) is 9.80. The van der Waals surface area contributed by atoms with E-state index < -0.39 is 9.84 Å². The maximum Gasteiger partial charge on any atom is 0.191 e. The number of hydrogen-bond acceptors (Lipinski definition) is 4. The van der Waals surface area contributed by atoms with Crippen molar-refractivity contribution in [2.24, 2.45) is 4.99 Å². The van der Waals surface area contributed by atoms with Gasteiger partial charge in [0.1, 0.15) is 9.84 Å². The molecule has 0 saturated carbocycles. The number of ether oxygens (including phenoxy) is 1. The first kappa shape index (κ1) is 23.4. The maximum absolute atomic E-state index is 11.0. The highest BCUT2D eigenvalue weighted by Crippen LogP contribution is 2.22. The average molecular weight is 398 g/mol. The van der Waals surface area contributed by atoms with Crippen molar-refractivity contribution in [3.8, 4) is 0 Å².